The summed E-state index contributed by atoms with van der Waals surface area (Å²) in [5.41, 5.74) is 1.65. The van der Waals surface area contributed by atoms with Crippen LogP contribution < -0.4 is 5.56 Å². The van der Waals surface area contributed by atoms with Crippen molar-refractivity contribution in [3.63, 3.8) is 0 Å². The number of nitrogens with zero attached hydrogens (tertiary/aromatic N) is 3. The van der Waals surface area contributed by atoms with Crippen LogP contribution in [0.5, 0.6) is 0 Å². The van der Waals surface area contributed by atoms with Crippen molar-refractivity contribution in [1.29, 1.82) is 0 Å². The van der Waals surface area contributed by atoms with Gasteiger partial charge >= 0.3 is 0 Å². The number of rotatable bonds is 4. The molecule has 0 fully saturated rings. The predicted molar refractivity (Wildman–Crippen MR) is 100 cm³/mol. The minimum Gasteiger partial charge on any atom is -0.356 e. The number of para-hydroxylation sites is 1. The lowest BCUT2D eigenvalue weighted by atomic mass is 10.1. The van der Waals surface area contributed by atoms with Gasteiger partial charge in [-0.1, -0.05) is 47.6 Å². The molecule has 4 rings (SSSR count). The summed E-state index contributed by atoms with van der Waals surface area (Å²) < 4.78 is 5.35. The average Bonchev–Trinajstić information content (AvgIpc) is 3.16. The third kappa shape index (κ3) is 3.35. The highest BCUT2D eigenvalue weighted by Crippen LogP contribution is 2.20. The monoisotopic (exact) mass is 360 g/mol. The Morgan fingerprint density at radius 2 is 1.85 bits per heavy atom. The molecule has 0 spiro atoms. The lowest BCUT2D eigenvalue weighted by molar-refractivity contribution is 0.0770. The van der Waals surface area contributed by atoms with E-state index in [0.29, 0.717) is 22.4 Å². The normalized spacial score (nSPS) is 10.9. The Kier molecular flexibility index (Phi) is 4.25. The number of nitrogens with one attached hydrogen (secondary N) is 1. The zero-order valence-corrected chi connectivity index (χ0v) is 14.5. The number of hydrogen-bond acceptors (Lipinski definition) is 5. The van der Waals surface area contributed by atoms with Crippen LogP contribution in [0.15, 0.2) is 70.0 Å². The van der Waals surface area contributed by atoms with Crippen molar-refractivity contribution in [2.75, 3.05) is 7.05 Å². The third-order valence-electron chi connectivity index (χ3n) is 4.18. The highest BCUT2D eigenvalue weighted by molar-refractivity contribution is 5.92. The summed E-state index contributed by atoms with van der Waals surface area (Å²) in [4.78, 5) is 33.0. The summed E-state index contributed by atoms with van der Waals surface area (Å²) >= 11 is 0. The van der Waals surface area contributed by atoms with Crippen LogP contribution in [-0.4, -0.2) is 33.0 Å². The molecule has 4 aromatic rings. The van der Waals surface area contributed by atoms with Crippen LogP contribution in [0.4, 0.5) is 0 Å². The quantitative estimate of drug-likeness (QED) is 0.604. The van der Waals surface area contributed by atoms with Gasteiger partial charge in [-0.3, -0.25) is 9.59 Å². The number of H-pyrrole nitrogens is 1. The van der Waals surface area contributed by atoms with Crippen molar-refractivity contribution in [2.24, 2.45) is 0 Å². The van der Waals surface area contributed by atoms with E-state index >= 15 is 0 Å². The molecular formula is C20H16N4O3. The topological polar surface area (TPSA) is 92.1 Å². The Morgan fingerprint density at radius 3 is 2.67 bits per heavy atom. The van der Waals surface area contributed by atoms with Gasteiger partial charge in [0.15, 0.2) is 11.6 Å². The Balaban J connectivity index is 1.55. The molecule has 7 heteroatoms. The van der Waals surface area contributed by atoms with Gasteiger partial charge in [-0.2, -0.15) is 0 Å². The maximum atomic E-state index is 12.7. The number of fused-ring (bicyclic) bond motifs is 1. The number of carbonyl (C=O) groups excluding carboxylic acids is 1. The van der Waals surface area contributed by atoms with Crippen LogP contribution in [0.1, 0.15) is 16.3 Å². The molecule has 0 aliphatic rings. The van der Waals surface area contributed by atoms with Gasteiger partial charge in [0.1, 0.15) is 5.69 Å². The molecule has 2 heterocycles. The van der Waals surface area contributed by atoms with Crippen molar-refractivity contribution in [2.45, 2.75) is 6.54 Å². The van der Waals surface area contributed by atoms with Gasteiger partial charge in [-0.15, -0.1) is 0 Å². The van der Waals surface area contributed by atoms with Gasteiger partial charge in [0.25, 0.3) is 11.5 Å². The zero-order valence-electron chi connectivity index (χ0n) is 14.5. The highest BCUT2D eigenvalue weighted by atomic mass is 16.5. The smallest absolute Gasteiger partial charge is 0.289 e. The fourth-order valence-corrected chi connectivity index (χ4v) is 2.81. The molecule has 0 bridgehead atoms. The number of hydrogen-bond donors (Lipinski definition) is 1. The first-order chi connectivity index (χ1) is 13.1. The van der Waals surface area contributed by atoms with Crippen molar-refractivity contribution in [3.05, 3.63) is 82.5 Å². The standard InChI is InChI=1S/C20H16N4O3/c1-24(12-14-11-17(27-23-14)13-7-3-2-4-8-13)20(26)18-21-16-10-6-5-9-15(16)19(25)22-18/h2-11H,12H2,1H3,(H,21,22,25). The summed E-state index contributed by atoms with van der Waals surface area (Å²) in [5.74, 6) is 0.221. The lowest BCUT2D eigenvalue weighted by Crippen LogP contribution is -2.30. The van der Waals surface area contributed by atoms with E-state index in [2.05, 4.69) is 15.1 Å². The molecule has 0 saturated carbocycles. The van der Waals surface area contributed by atoms with E-state index in [1.807, 2.05) is 30.3 Å². The number of aromatic nitrogens is 3. The van der Waals surface area contributed by atoms with Gasteiger partial charge in [0.05, 0.1) is 17.4 Å². The van der Waals surface area contributed by atoms with Crippen LogP contribution in [0, 0.1) is 0 Å². The van der Waals surface area contributed by atoms with E-state index in [1.54, 1.807) is 37.4 Å². The fraction of sp³-hybridized carbons (Fsp3) is 0.100. The summed E-state index contributed by atoms with van der Waals surface area (Å²) in [5, 5.41) is 4.46. The Bertz CT molecular complexity index is 1160. The molecule has 0 saturated heterocycles. The second-order valence-electron chi connectivity index (χ2n) is 6.14. The van der Waals surface area contributed by atoms with Crippen molar-refractivity contribution in [1.82, 2.24) is 20.0 Å². The number of carbonyl (C=O) groups is 1. The molecular weight excluding hydrogens is 344 g/mol. The predicted octanol–water partition coefficient (Wildman–Crippen LogP) is 2.85. The molecule has 134 valence electrons. The maximum Gasteiger partial charge on any atom is 0.289 e. The second-order valence-corrected chi connectivity index (χ2v) is 6.14. The Morgan fingerprint density at radius 1 is 1.11 bits per heavy atom. The third-order valence-corrected chi connectivity index (χ3v) is 4.18. The van der Waals surface area contributed by atoms with Crippen molar-refractivity contribution >= 4 is 16.8 Å². The average molecular weight is 360 g/mol. The van der Waals surface area contributed by atoms with Gasteiger partial charge in [0, 0.05) is 18.7 Å². The molecule has 0 atom stereocenters. The Hall–Kier alpha value is -3.74. The lowest BCUT2D eigenvalue weighted by Gasteiger charge is -2.14. The SMILES string of the molecule is CN(Cc1cc(-c2ccccc2)on1)C(=O)c1nc2ccccc2c(=O)[nH]1. The molecule has 0 aliphatic carbocycles. The molecule has 7 nitrogen and oxygen atoms in total. The van der Waals surface area contributed by atoms with E-state index in [9.17, 15) is 9.59 Å². The molecule has 27 heavy (non-hydrogen) atoms. The van der Waals surface area contributed by atoms with Crippen LogP contribution in [0.3, 0.4) is 0 Å². The minimum absolute atomic E-state index is 0.00650. The molecule has 1 amide bonds. The van der Waals surface area contributed by atoms with E-state index < -0.39 is 5.91 Å². The van der Waals surface area contributed by atoms with Crippen LogP contribution in [0.25, 0.3) is 22.2 Å². The molecule has 2 aromatic carbocycles. The van der Waals surface area contributed by atoms with E-state index in [0.717, 1.165) is 5.56 Å². The van der Waals surface area contributed by atoms with E-state index in [1.165, 1.54) is 4.90 Å². The fourth-order valence-electron chi connectivity index (χ4n) is 2.81. The van der Waals surface area contributed by atoms with Gasteiger partial charge < -0.3 is 14.4 Å². The van der Waals surface area contributed by atoms with Gasteiger partial charge in [-0.05, 0) is 12.1 Å². The Labute approximate surface area is 154 Å². The first kappa shape index (κ1) is 16.7. The summed E-state index contributed by atoms with van der Waals surface area (Å²) in [6.07, 6.45) is 0. The number of amides is 1. The van der Waals surface area contributed by atoms with Crippen LogP contribution in [-0.2, 0) is 6.54 Å². The molecule has 0 unspecified atom stereocenters. The highest BCUT2D eigenvalue weighted by Gasteiger charge is 2.18. The number of benzene rings is 2. The minimum atomic E-state index is -0.401. The van der Waals surface area contributed by atoms with Gasteiger partial charge in [-0.25, -0.2) is 4.98 Å². The van der Waals surface area contributed by atoms with Gasteiger partial charge in [0.2, 0.25) is 0 Å². The first-order valence-corrected chi connectivity index (χ1v) is 8.37. The van der Waals surface area contributed by atoms with E-state index in [-0.39, 0.29) is 17.9 Å². The van der Waals surface area contributed by atoms with Crippen LogP contribution >= 0.6 is 0 Å². The zero-order chi connectivity index (χ0) is 18.8. The van der Waals surface area contributed by atoms with Crippen LogP contribution in [0.2, 0.25) is 0 Å². The molecule has 0 radical (unpaired) electrons. The largest absolute Gasteiger partial charge is 0.356 e. The number of aromatic amines is 1. The first-order valence-electron chi connectivity index (χ1n) is 8.37. The summed E-state index contributed by atoms with van der Waals surface area (Å²) in [6, 6.07) is 18.3. The second kappa shape index (κ2) is 6.87. The van der Waals surface area contributed by atoms with Crippen molar-refractivity contribution < 1.29 is 9.32 Å². The van der Waals surface area contributed by atoms with Crippen molar-refractivity contribution in [3.8, 4) is 11.3 Å². The molecule has 1 N–H and O–H groups in total. The maximum absolute atomic E-state index is 12.7. The summed E-state index contributed by atoms with van der Waals surface area (Å²) in [7, 11) is 1.62. The molecule has 2 aromatic heterocycles. The summed E-state index contributed by atoms with van der Waals surface area (Å²) in [6.45, 7) is 0.228. The van der Waals surface area contributed by atoms with E-state index in [4.69, 9.17) is 4.52 Å². The molecule has 0 aliphatic heterocycles.